The van der Waals surface area contributed by atoms with E-state index in [1.165, 1.54) is 13.0 Å². The number of carbonyl (C=O) groups excluding carboxylic acids is 3. The largest absolute Gasteiger partial charge is 0.368 e. The zero-order valence-electron chi connectivity index (χ0n) is 16.6. The van der Waals surface area contributed by atoms with Crippen LogP contribution in [0.5, 0.6) is 0 Å². The number of urea groups is 1. The zero-order valence-corrected chi connectivity index (χ0v) is 18.2. The normalized spacial score (nSPS) is 15.6. The number of nitrogens with zero attached hydrogens (tertiary/aromatic N) is 4. The van der Waals surface area contributed by atoms with Crippen molar-refractivity contribution in [3.8, 4) is 11.1 Å². The van der Waals surface area contributed by atoms with Gasteiger partial charge in [0, 0.05) is 55.3 Å². The van der Waals surface area contributed by atoms with Crippen molar-refractivity contribution in [2.45, 2.75) is 6.92 Å². The van der Waals surface area contributed by atoms with Crippen LogP contribution in [0.3, 0.4) is 0 Å². The highest BCUT2D eigenvalue weighted by Gasteiger charge is 2.21. The summed E-state index contributed by atoms with van der Waals surface area (Å²) in [5, 5.41) is 1.68. The van der Waals surface area contributed by atoms with Crippen molar-refractivity contribution >= 4 is 47.1 Å². The lowest BCUT2D eigenvalue weighted by Crippen LogP contribution is -2.49. The first-order valence-corrected chi connectivity index (χ1v) is 10.4. The molecule has 2 aromatic carbocycles. The van der Waals surface area contributed by atoms with Crippen LogP contribution in [-0.2, 0) is 9.59 Å². The number of halogens is 2. The third kappa shape index (κ3) is 4.38. The standard InChI is InChI=1S/C22H18Cl2N4O3/c1-13(29)27-7-9-28(10-8-27)20(30)6-5-14-3-2-4-16(23)21(14)15-11-18-19(12-17(15)24)26-22(31)25-18/h2-6,11-12H,7-10H2,1H3/b6-5+. The van der Waals surface area contributed by atoms with Gasteiger partial charge in [0.2, 0.25) is 11.8 Å². The molecule has 7 nitrogen and oxygen atoms in total. The van der Waals surface area contributed by atoms with E-state index in [1.54, 1.807) is 40.1 Å². The van der Waals surface area contributed by atoms with Gasteiger partial charge in [0.25, 0.3) is 0 Å². The Morgan fingerprint density at radius 1 is 0.968 bits per heavy atom. The zero-order chi connectivity index (χ0) is 22.1. The van der Waals surface area contributed by atoms with Crippen LogP contribution in [0.4, 0.5) is 4.79 Å². The first kappa shape index (κ1) is 21.2. The second-order valence-corrected chi connectivity index (χ2v) is 8.01. The fourth-order valence-electron chi connectivity index (χ4n) is 3.63. The first-order chi connectivity index (χ1) is 14.8. The SMILES string of the molecule is CC(=O)N1CCN(C(=O)/C=C/c2cccc(Cl)c2-c2cc3c(cc2Cl)=NC(=O)N=3)CC1. The predicted molar refractivity (Wildman–Crippen MR) is 117 cm³/mol. The highest BCUT2D eigenvalue weighted by molar-refractivity contribution is 6.36. The average Bonchev–Trinajstić information content (AvgIpc) is 3.10. The summed E-state index contributed by atoms with van der Waals surface area (Å²) in [5.41, 5.74) is 1.94. The average molecular weight is 457 g/mol. The third-order valence-corrected chi connectivity index (χ3v) is 5.88. The van der Waals surface area contributed by atoms with Gasteiger partial charge < -0.3 is 9.80 Å². The maximum atomic E-state index is 12.6. The monoisotopic (exact) mass is 456 g/mol. The Bertz CT molecular complexity index is 1250. The first-order valence-electron chi connectivity index (χ1n) is 9.66. The van der Waals surface area contributed by atoms with Crippen molar-refractivity contribution in [2.24, 2.45) is 9.98 Å². The van der Waals surface area contributed by atoms with Crippen LogP contribution < -0.4 is 10.7 Å². The van der Waals surface area contributed by atoms with Gasteiger partial charge in [-0.15, -0.1) is 0 Å². The van der Waals surface area contributed by atoms with E-state index in [1.807, 2.05) is 6.07 Å². The van der Waals surface area contributed by atoms with E-state index in [0.29, 0.717) is 63.6 Å². The summed E-state index contributed by atoms with van der Waals surface area (Å²) in [7, 11) is 0. The van der Waals surface area contributed by atoms with E-state index in [-0.39, 0.29) is 11.8 Å². The summed E-state index contributed by atoms with van der Waals surface area (Å²) < 4.78 is 0. The van der Waals surface area contributed by atoms with Crippen LogP contribution in [-0.4, -0.2) is 53.8 Å². The minimum absolute atomic E-state index is 0.0127. The fourth-order valence-corrected chi connectivity index (χ4v) is 4.16. The van der Waals surface area contributed by atoms with E-state index in [2.05, 4.69) is 9.98 Å². The fraction of sp³-hybridized carbons (Fsp3) is 0.227. The number of fused-ring (bicyclic) bond motifs is 1. The molecular weight excluding hydrogens is 439 g/mol. The van der Waals surface area contributed by atoms with Crippen molar-refractivity contribution in [2.75, 3.05) is 26.2 Å². The van der Waals surface area contributed by atoms with E-state index in [4.69, 9.17) is 23.2 Å². The van der Waals surface area contributed by atoms with Crippen LogP contribution >= 0.6 is 23.2 Å². The molecule has 0 spiro atoms. The molecule has 0 aliphatic carbocycles. The molecule has 2 heterocycles. The molecule has 2 aliphatic rings. The molecule has 0 aromatic heterocycles. The Hall–Kier alpha value is -3.03. The predicted octanol–water partition coefficient (Wildman–Crippen LogP) is 2.74. The molecule has 31 heavy (non-hydrogen) atoms. The molecule has 2 aromatic rings. The summed E-state index contributed by atoms with van der Waals surface area (Å²) in [6.45, 7) is 3.55. The number of benzene rings is 2. The molecule has 4 rings (SSSR count). The van der Waals surface area contributed by atoms with Crippen LogP contribution in [0.15, 0.2) is 46.4 Å². The maximum absolute atomic E-state index is 12.6. The molecule has 0 N–H and O–H groups in total. The topological polar surface area (TPSA) is 82.4 Å². The van der Waals surface area contributed by atoms with Gasteiger partial charge in [-0.05, 0) is 29.8 Å². The number of carbonyl (C=O) groups is 3. The minimum atomic E-state index is -0.571. The molecule has 158 valence electrons. The maximum Gasteiger partial charge on any atom is 0.368 e. The second kappa shape index (κ2) is 8.61. The van der Waals surface area contributed by atoms with Gasteiger partial charge in [-0.1, -0.05) is 35.3 Å². The Labute approximate surface area is 188 Å². The number of rotatable bonds is 3. The summed E-state index contributed by atoms with van der Waals surface area (Å²) in [6, 6.07) is 8.02. The van der Waals surface area contributed by atoms with Crippen LogP contribution in [0, 0.1) is 0 Å². The summed E-state index contributed by atoms with van der Waals surface area (Å²) >= 11 is 12.9. The Kier molecular flexibility index (Phi) is 5.89. The van der Waals surface area contributed by atoms with Crippen molar-refractivity contribution in [1.29, 1.82) is 0 Å². The van der Waals surface area contributed by atoms with Gasteiger partial charge in [-0.2, -0.15) is 9.98 Å². The number of hydrogen-bond donors (Lipinski definition) is 0. The molecule has 9 heteroatoms. The van der Waals surface area contributed by atoms with E-state index >= 15 is 0 Å². The third-order valence-electron chi connectivity index (χ3n) is 5.25. The van der Waals surface area contributed by atoms with Crippen molar-refractivity contribution in [3.05, 3.63) is 62.7 Å². The molecule has 0 bridgehead atoms. The summed E-state index contributed by atoms with van der Waals surface area (Å²) in [5.74, 6) is -0.132. The summed E-state index contributed by atoms with van der Waals surface area (Å²) in [4.78, 5) is 46.7. The van der Waals surface area contributed by atoms with E-state index < -0.39 is 6.03 Å². The highest BCUT2D eigenvalue weighted by Crippen LogP contribution is 2.35. The van der Waals surface area contributed by atoms with Gasteiger partial charge in [0.05, 0.1) is 15.7 Å². The molecule has 2 aliphatic heterocycles. The number of hydrogen-bond acceptors (Lipinski definition) is 3. The Morgan fingerprint density at radius 2 is 1.61 bits per heavy atom. The quantitative estimate of drug-likeness (QED) is 0.665. The summed E-state index contributed by atoms with van der Waals surface area (Å²) in [6.07, 6.45) is 3.18. The van der Waals surface area contributed by atoms with Gasteiger partial charge in [0.1, 0.15) is 0 Å². The Balaban J connectivity index is 1.63. The van der Waals surface area contributed by atoms with Gasteiger partial charge in [-0.3, -0.25) is 9.59 Å². The number of piperazine rings is 1. The lowest BCUT2D eigenvalue weighted by Gasteiger charge is -2.33. The molecule has 0 atom stereocenters. The van der Waals surface area contributed by atoms with E-state index in [0.717, 1.165) is 0 Å². The van der Waals surface area contributed by atoms with Crippen molar-refractivity contribution < 1.29 is 14.4 Å². The smallest absolute Gasteiger partial charge is 0.339 e. The van der Waals surface area contributed by atoms with Gasteiger partial charge >= 0.3 is 6.03 Å². The lowest BCUT2D eigenvalue weighted by atomic mass is 9.98. The highest BCUT2D eigenvalue weighted by atomic mass is 35.5. The minimum Gasteiger partial charge on any atom is -0.339 e. The van der Waals surface area contributed by atoms with Crippen molar-refractivity contribution in [3.63, 3.8) is 0 Å². The molecule has 0 radical (unpaired) electrons. The van der Waals surface area contributed by atoms with Crippen LogP contribution in [0.2, 0.25) is 10.0 Å². The molecular formula is C22H18Cl2N4O3. The van der Waals surface area contributed by atoms with Crippen molar-refractivity contribution in [1.82, 2.24) is 9.80 Å². The Morgan fingerprint density at radius 3 is 2.29 bits per heavy atom. The van der Waals surface area contributed by atoms with Gasteiger partial charge in [-0.25, -0.2) is 4.79 Å². The second-order valence-electron chi connectivity index (χ2n) is 7.20. The molecule has 0 unspecified atom stereocenters. The van der Waals surface area contributed by atoms with E-state index in [9.17, 15) is 14.4 Å². The lowest BCUT2D eigenvalue weighted by molar-refractivity contribution is -0.135. The molecule has 0 saturated carbocycles. The van der Waals surface area contributed by atoms with Crippen LogP contribution in [0.1, 0.15) is 12.5 Å². The molecule has 1 saturated heterocycles. The molecule has 1 fully saturated rings. The van der Waals surface area contributed by atoms with Gasteiger partial charge in [0.15, 0.2) is 0 Å². The number of amides is 4. The molecule has 4 amide bonds. The van der Waals surface area contributed by atoms with Crippen LogP contribution in [0.25, 0.3) is 17.2 Å².